The number of rotatable bonds is 6. The molecule has 0 saturated carbocycles. The third-order valence-electron chi connectivity index (χ3n) is 5.44. The maximum Gasteiger partial charge on any atom is 0.306 e. The zero-order valence-corrected chi connectivity index (χ0v) is 15.9. The number of carbonyl (C=O) groups is 4. The number of hydrogen-bond donors (Lipinski definition) is 1. The van der Waals surface area contributed by atoms with Gasteiger partial charge in [-0.2, -0.15) is 0 Å². The fraction of sp³-hybridized carbons (Fsp3) is 0.579. The lowest BCUT2D eigenvalue weighted by molar-refractivity contribution is -0.147. The molecule has 0 bridgehead atoms. The minimum atomic E-state index is -0.829. The van der Waals surface area contributed by atoms with Crippen LogP contribution in [0.15, 0.2) is 22.8 Å². The second-order valence-corrected chi connectivity index (χ2v) is 7.44. The minimum Gasteiger partial charge on any atom is -0.481 e. The van der Waals surface area contributed by atoms with E-state index in [4.69, 9.17) is 9.52 Å². The lowest BCUT2D eigenvalue weighted by Crippen LogP contribution is -2.46. The van der Waals surface area contributed by atoms with Crippen LogP contribution in [-0.2, 0) is 25.7 Å². The lowest BCUT2D eigenvalue weighted by atomic mass is 9.97. The van der Waals surface area contributed by atoms with Gasteiger partial charge in [-0.25, -0.2) is 0 Å². The van der Waals surface area contributed by atoms with E-state index in [1.807, 2.05) is 0 Å². The molecule has 2 aliphatic heterocycles. The van der Waals surface area contributed by atoms with Crippen molar-refractivity contribution in [3.05, 3.63) is 24.2 Å². The Morgan fingerprint density at radius 1 is 1.25 bits per heavy atom. The normalized spacial score (nSPS) is 20.5. The fourth-order valence-corrected chi connectivity index (χ4v) is 3.75. The summed E-state index contributed by atoms with van der Waals surface area (Å²) in [7, 11) is 1.56. The van der Waals surface area contributed by atoms with Gasteiger partial charge in [0.25, 0.3) is 0 Å². The van der Waals surface area contributed by atoms with Gasteiger partial charge in [-0.1, -0.05) is 0 Å². The van der Waals surface area contributed by atoms with Crippen LogP contribution < -0.4 is 0 Å². The Labute approximate surface area is 162 Å². The number of carbonyl (C=O) groups excluding carboxylic acids is 3. The van der Waals surface area contributed by atoms with Crippen LogP contribution in [-0.4, -0.2) is 76.7 Å². The van der Waals surface area contributed by atoms with Crippen LogP contribution >= 0.6 is 0 Å². The second-order valence-electron chi connectivity index (χ2n) is 7.44. The Bertz CT molecular complexity index is 739. The van der Waals surface area contributed by atoms with Crippen LogP contribution in [0.4, 0.5) is 0 Å². The second kappa shape index (κ2) is 8.45. The molecule has 3 rings (SSSR count). The topological polar surface area (TPSA) is 111 Å². The van der Waals surface area contributed by atoms with Crippen molar-refractivity contribution in [3.8, 4) is 0 Å². The van der Waals surface area contributed by atoms with Crippen molar-refractivity contribution in [1.29, 1.82) is 0 Å². The highest BCUT2D eigenvalue weighted by atomic mass is 16.4. The SMILES string of the molecule is CN(CC(=O)N1CCC(C(=O)O)CC1)C(=O)C1CC(=O)N(Cc2ccco2)C1. The minimum absolute atomic E-state index is 0.0700. The van der Waals surface area contributed by atoms with Crippen molar-refractivity contribution in [2.45, 2.75) is 25.8 Å². The average Bonchev–Trinajstić information content (AvgIpc) is 3.31. The van der Waals surface area contributed by atoms with Crippen LogP contribution in [0, 0.1) is 11.8 Å². The molecule has 0 radical (unpaired) electrons. The summed E-state index contributed by atoms with van der Waals surface area (Å²) >= 11 is 0. The van der Waals surface area contributed by atoms with Crippen molar-refractivity contribution in [2.75, 3.05) is 33.2 Å². The molecular formula is C19H25N3O6. The van der Waals surface area contributed by atoms with Crippen molar-refractivity contribution in [1.82, 2.24) is 14.7 Å². The molecule has 9 heteroatoms. The first-order chi connectivity index (χ1) is 13.3. The summed E-state index contributed by atoms with van der Waals surface area (Å²) in [4.78, 5) is 52.9. The first-order valence-corrected chi connectivity index (χ1v) is 9.41. The number of likely N-dealkylation sites (tertiary alicyclic amines) is 2. The Kier molecular flexibility index (Phi) is 6.01. The van der Waals surface area contributed by atoms with E-state index in [0.29, 0.717) is 44.8 Å². The molecule has 1 aromatic heterocycles. The standard InChI is InChI=1S/C19H25N3O6/c1-20(12-17(24)21-6-4-13(5-7-21)19(26)27)18(25)14-9-16(23)22(10-14)11-15-3-2-8-28-15/h2-3,8,13-14H,4-7,9-12H2,1H3,(H,26,27). The van der Waals surface area contributed by atoms with Gasteiger partial charge in [-0.3, -0.25) is 19.2 Å². The molecule has 152 valence electrons. The Morgan fingerprint density at radius 2 is 1.96 bits per heavy atom. The van der Waals surface area contributed by atoms with Crippen LogP contribution in [0.5, 0.6) is 0 Å². The van der Waals surface area contributed by atoms with E-state index >= 15 is 0 Å². The molecule has 9 nitrogen and oxygen atoms in total. The molecule has 1 aromatic rings. The largest absolute Gasteiger partial charge is 0.481 e. The number of furan rings is 1. The van der Waals surface area contributed by atoms with Crippen LogP contribution in [0.25, 0.3) is 0 Å². The molecule has 0 spiro atoms. The van der Waals surface area contributed by atoms with Crippen LogP contribution in [0.3, 0.4) is 0 Å². The molecule has 0 aromatic carbocycles. The van der Waals surface area contributed by atoms with Crippen molar-refractivity contribution in [2.24, 2.45) is 11.8 Å². The van der Waals surface area contributed by atoms with E-state index in [0.717, 1.165) is 0 Å². The van der Waals surface area contributed by atoms with Crippen LogP contribution in [0.2, 0.25) is 0 Å². The summed E-state index contributed by atoms with van der Waals surface area (Å²) in [6, 6.07) is 3.53. The van der Waals surface area contributed by atoms with Gasteiger partial charge in [0.05, 0.1) is 31.2 Å². The highest BCUT2D eigenvalue weighted by Gasteiger charge is 2.37. The molecule has 3 heterocycles. The summed E-state index contributed by atoms with van der Waals surface area (Å²) in [6.45, 7) is 1.34. The summed E-state index contributed by atoms with van der Waals surface area (Å²) < 4.78 is 5.25. The third kappa shape index (κ3) is 4.52. The molecular weight excluding hydrogens is 366 g/mol. The predicted molar refractivity (Wildman–Crippen MR) is 96.8 cm³/mol. The number of aliphatic carboxylic acids is 1. The number of nitrogens with zero attached hydrogens (tertiary/aromatic N) is 3. The summed E-state index contributed by atoms with van der Waals surface area (Å²) in [6.07, 6.45) is 2.52. The smallest absolute Gasteiger partial charge is 0.306 e. The van der Waals surface area contributed by atoms with Crippen LogP contribution in [0.1, 0.15) is 25.0 Å². The number of amides is 3. The Hall–Kier alpha value is -2.84. The van der Waals surface area contributed by atoms with E-state index in [1.165, 1.54) is 11.2 Å². The summed E-state index contributed by atoms with van der Waals surface area (Å²) in [5, 5.41) is 9.03. The van der Waals surface area contributed by atoms with E-state index in [1.54, 1.807) is 29.0 Å². The van der Waals surface area contributed by atoms with Gasteiger partial charge in [-0.05, 0) is 25.0 Å². The maximum atomic E-state index is 12.7. The van der Waals surface area contributed by atoms with Crippen molar-refractivity contribution >= 4 is 23.7 Å². The molecule has 2 saturated heterocycles. The number of carboxylic acid groups (broad SMARTS) is 1. The Morgan fingerprint density at radius 3 is 2.57 bits per heavy atom. The number of piperidine rings is 1. The number of carboxylic acids is 1. The molecule has 2 aliphatic rings. The van der Waals surface area contributed by atoms with E-state index in [9.17, 15) is 19.2 Å². The zero-order chi connectivity index (χ0) is 20.3. The van der Waals surface area contributed by atoms with Gasteiger partial charge >= 0.3 is 5.97 Å². The molecule has 1 unspecified atom stereocenters. The molecule has 0 aliphatic carbocycles. The number of likely N-dealkylation sites (N-methyl/N-ethyl adjacent to an activating group) is 1. The highest BCUT2D eigenvalue weighted by molar-refractivity contribution is 5.91. The molecule has 1 N–H and O–H groups in total. The molecule has 28 heavy (non-hydrogen) atoms. The fourth-order valence-electron chi connectivity index (χ4n) is 3.75. The monoisotopic (exact) mass is 391 g/mol. The molecule has 3 amide bonds. The number of hydrogen-bond acceptors (Lipinski definition) is 5. The van der Waals surface area contributed by atoms with Gasteiger partial charge < -0.3 is 24.2 Å². The van der Waals surface area contributed by atoms with E-state index < -0.39 is 17.8 Å². The van der Waals surface area contributed by atoms with Gasteiger partial charge in [0, 0.05) is 33.1 Å². The van der Waals surface area contributed by atoms with Gasteiger partial charge in [0.15, 0.2) is 0 Å². The highest BCUT2D eigenvalue weighted by Crippen LogP contribution is 2.22. The first kappa shape index (κ1) is 19.9. The van der Waals surface area contributed by atoms with Crippen molar-refractivity contribution in [3.63, 3.8) is 0 Å². The van der Waals surface area contributed by atoms with E-state index in [2.05, 4.69) is 0 Å². The lowest BCUT2D eigenvalue weighted by Gasteiger charge is -2.31. The van der Waals surface area contributed by atoms with E-state index in [-0.39, 0.29) is 30.7 Å². The van der Waals surface area contributed by atoms with Crippen molar-refractivity contribution < 1.29 is 28.7 Å². The predicted octanol–water partition coefficient (Wildman–Crippen LogP) is 0.410. The Balaban J connectivity index is 1.48. The molecule has 2 fully saturated rings. The molecule has 1 atom stereocenters. The van der Waals surface area contributed by atoms with Gasteiger partial charge in [-0.15, -0.1) is 0 Å². The quantitative estimate of drug-likeness (QED) is 0.752. The summed E-state index contributed by atoms with van der Waals surface area (Å²) in [5.74, 6) is -1.59. The van der Waals surface area contributed by atoms with Gasteiger partial charge in [0.2, 0.25) is 17.7 Å². The third-order valence-corrected chi connectivity index (χ3v) is 5.44. The van der Waals surface area contributed by atoms with Gasteiger partial charge in [0.1, 0.15) is 5.76 Å². The zero-order valence-electron chi connectivity index (χ0n) is 15.9. The summed E-state index contributed by atoms with van der Waals surface area (Å²) in [5.41, 5.74) is 0. The average molecular weight is 391 g/mol. The maximum absolute atomic E-state index is 12.7. The first-order valence-electron chi connectivity index (χ1n) is 9.41.